The van der Waals surface area contributed by atoms with E-state index in [-0.39, 0.29) is 5.91 Å². The Hall–Kier alpha value is -2.16. The van der Waals surface area contributed by atoms with E-state index in [1.54, 1.807) is 17.0 Å². The van der Waals surface area contributed by atoms with Crippen LogP contribution in [-0.2, 0) is 0 Å². The van der Waals surface area contributed by atoms with Crippen LogP contribution in [-0.4, -0.2) is 12.5 Å². The third kappa shape index (κ3) is 2.56. The Kier molecular flexibility index (Phi) is 3.72. The van der Waals surface area contributed by atoms with Crippen molar-refractivity contribution >= 4 is 11.6 Å². The minimum absolute atomic E-state index is 0.191. The van der Waals surface area contributed by atoms with Crippen molar-refractivity contribution in [2.45, 2.75) is 6.92 Å². The Morgan fingerprint density at radius 3 is 2.44 bits per heavy atom. The highest BCUT2D eigenvalue weighted by Crippen LogP contribution is 2.16. The number of hydrogen-bond acceptors (Lipinski definition) is 1. The maximum absolute atomic E-state index is 13.1. The standard InChI is InChI=1S/C15H14FNO/c1-2-17(14-9-4-3-5-10-14)15(18)12-7-6-8-13(16)11-12/h3-11H,2H2,1H3. The first-order valence-corrected chi connectivity index (χ1v) is 5.85. The van der Waals surface area contributed by atoms with E-state index >= 15 is 0 Å². The fourth-order valence-corrected chi connectivity index (χ4v) is 1.83. The molecule has 0 radical (unpaired) electrons. The van der Waals surface area contributed by atoms with Crippen LogP contribution in [0.25, 0.3) is 0 Å². The molecular formula is C15H14FNO. The van der Waals surface area contributed by atoms with Gasteiger partial charge in [0, 0.05) is 17.8 Å². The largest absolute Gasteiger partial charge is 0.309 e. The van der Waals surface area contributed by atoms with Crippen LogP contribution in [0.3, 0.4) is 0 Å². The first-order chi connectivity index (χ1) is 8.72. The van der Waals surface area contributed by atoms with Gasteiger partial charge in [-0.3, -0.25) is 4.79 Å². The fourth-order valence-electron chi connectivity index (χ4n) is 1.83. The van der Waals surface area contributed by atoms with E-state index in [4.69, 9.17) is 0 Å². The second kappa shape index (κ2) is 5.45. The molecule has 0 fully saturated rings. The number of hydrogen-bond donors (Lipinski definition) is 0. The topological polar surface area (TPSA) is 20.3 Å². The lowest BCUT2D eigenvalue weighted by molar-refractivity contribution is 0.0988. The molecule has 0 heterocycles. The second-order valence-corrected chi connectivity index (χ2v) is 3.90. The Balaban J connectivity index is 2.32. The van der Waals surface area contributed by atoms with Gasteiger partial charge in [0.2, 0.25) is 0 Å². The molecule has 0 aliphatic carbocycles. The highest BCUT2D eigenvalue weighted by atomic mass is 19.1. The van der Waals surface area contributed by atoms with Crippen LogP contribution in [0, 0.1) is 5.82 Å². The van der Waals surface area contributed by atoms with Crippen molar-refractivity contribution in [1.82, 2.24) is 0 Å². The van der Waals surface area contributed by atoms with Crippen molar-refractivity contribution < 1.29 is 9.18 Å². The number of carbonyl (C=O) groups excluding carboxylic acids is 1. The van der Waals surface area contributed by atoms with Crippen molar-refractivity contribution in [1.29, 1.82) is 0 Å². The molecule has 2 rings (SSSR count). The SMILES string of the molecule is CCN(C(=O)c1cccc(F)c1)c1ccccc1. The molecule has 0 atom stereocenters. The van der Waals surface area contributed by atoms with Gasteiger partial charge in [0.25, 0.3) is 5.91 Å². The summed E-state index contributed by atoms with van der Waals surface area (Å²) in [5.74, 6) is -0.590. The summed E-state index contributed by atoms with van der Waals surface area (Å²) in [7, 11) is 0. The summed E-state index contributed by atoms with van der Waals surface area (Å²) in [6.07, 6.45) is 0. The van der Waals surface area contributed by atoms with Gasteiger partial charge in [0.05, 0.1) is 0 Å². The molecule has 0 bridgehead atoms. The zero-order chi connectivity index (χ0) is 13.0. The Morgan fingerprint density at radius 1 is 1.11 bits per heavy atom. The molecule has 1 amide bonds. The molecule has 0 unspecified atom stereocenters. The average molecular weight is 243 g/mol. The van der Waals surface area contributed by atoms with E-state index < -0.39 is 5.82 Å². The fraction of sp³-hybridized carbons (Fsp3) is 0.133. The summed E-state index contributed by atoms with van der Waals surface area (Å²) in [5, 5.41) is 0. The molecular weight excluding hydrogens is 229 g/mol. The summed E-state index contributed by atoms with van der Waals surface area (Å²) >= 11 is 0. The third-order valence-electron chi connectivity index (χ3n) is 2.70. The first kappa shape index (κ1) is 12.3. The van der Waals surface area contributed by atoms with Gasteiger partial charge in [-0.25, -0.2) is 4.39 Å². The number of amides is 1. The highest BCUT2D eigenvalue weighted by molar-refractivity contribution is 6.06. The molecule has 18 heavy (non-hydrogen) atoms. The Morgan fingerprint density at radius 2 is 1.83 bits per heavy atom. The molecule has 0 aliphatic rings. The summed E-state index contributed by atoms with van der Waals surface area (Å²) in [5.41, 5.74) is 1.18. The van der Waals surface area contributed by atoms with Crippen molar-refractivity contribution in [3.05, 3.63) is 66.0 Å². The van der Waals surface area contributed by atoms with Gasteiger partial charge in [0.1, 0.15) is 5.82 Å². The average Bonchev–Trinajstić information content (AvgIpc) is 2.41. The minimum atomic E-state index is -0.398. The summed E-state index contributed by atoms with van der Waals surface area (Å²) in [6.45, 7) is 2.43. The van der Waals surface area contributed by atoms with E-state index in [9.17, 15) is 9.18 Å². The van der Waals surface area contributed by atoms with E-state index in [2.05, 4.69) is 0 Å². The lowest BCUT2D eigenvalue weighted by atomic mass is 10.1. The predicted molar refractivity (Wildman–Crippen MR) is 70.2 cm³/mol. The van der Waals surface area contributed by atoms with Crippen LogP contribution in [0.4, 0.5) is 10.1 Å². The predicted octanol–water partition coefficient (Wildman–Crippen LogP) is 3.49. The minimum Gasteiger partial charge on any atom is -0.309 e. The van der Waals surface area contributed by atoms with E-state index in [1.807, 2.05) is 37.3 Å². The van der Waals surface area contributed by atoms with Gasteiger partial charge < -0.3 is 4.90 Å². The molecule has 0 spiro atoms. The van der Waals surface area contributed by atoms with Gasteiger partial charge in [-0.05, 0) is 37.3 Å². The molecule has 0 N–H and O–H groups in total. The lowest BCUT2D eigenvalue weighted by Crippen LogP contribution is -2.30. The highest BCUT2D eigenvalue weighted by Gasteiger charge is 2.15. The number of para-hydroxylation sites is 1. The monoisotopic (exact) mass is 243 g/mol. The first-order valence-electron chi connectivity index (χ1n) is 5.85. The molecule has 2 nitrogen and oxygen atoms in total. The van der Waals surface area contributed by atoms with Crippen molar-refractivity contribution in [2.75, 3.05) is 11.4 Å². The van der Waals surface area contributed by atoms with E-state index in [0.717, 1.165) is 5.69 Å². The van der Waals surface area contributed by atoms with Crippen molar-refractivity contribution in [2.24, 2.45) is 0 Å². The number of carbonyl (C=O) groups is 1. The van der Waals surface area contributed by atoms with Crippen LogP contribution in [0.2, 0.25) is 0 Å². The molecule has 2 aromatic rings. The Bertz CT molecular complexity index is 539. The third-order valence-corrected chi connectivity index (χ3v) is 2.70. The second-order valence-electron chi connectivity index (χ2n) is 3.90. The molecule has 3 heteroatoms. The smallest absolute Gasteiger partial charge is 0.258 e. The van der Waals surface area contributed by atoms with Crippen molar-refractivity contribution in [3.8, 4) is 0 Å². The van der Waals surface area contributed by atoms with Crippen LogP contribution < -0.4 is 4.90 Å². The summed E-state index contributed by atoms with van der Waals surface area (Å²) in [4.78, 5) is 13.9. The molecule has 0 saturated carbocycles. The number of rotatable bonds is 3. The van der Waals surface area contributed by atoms with E-state index in [0.29, 0.717) is 12.1 Å². The van der Waals surface area contributed by atoms with Crippen LogP contribution in [0.5, 0.6) is 0 Å². The lowest BCUT2D eigenvalue weighted by Gasteiger charge is -2.21. The molecule has 0 aromatic heterocycles. The maximum Gasteiger partial charge on any atom is 0.258 e. The number of nitrogens with zero attached hydrogens (tertiary/aromatic N) is 1. The zero-order valence-corrected chi connectivity index (χ0v) is 10.1. The van der Waals surface area contributed by atoms with Crippen LogP contribution >= 0.6 is 0 Å². The molecule has 0 saturated heterocycles. The van der Waals surface area contributed by atoms with Crippen LogP contribution in [0.1, 0.15) is 17.3 Å². The van der Waals surface area contributed by atoms with E-state index in [1.165, 1.54) is 12.1 Å². The molecule has 2 aromatic carbocycles. The van der Waals surface area contributed by atoms with Gasteiger partial charge in [0.15, 0.2) is 0 Å². The van der Waals surface area contributed by atoms with Crippen molar-refractivity contribution in [3.63, 3.8) is 0 Å². The van der Waals surface area contributed by atoms with Gasteiger partial charge in [-0.1, -0.05) is 24.3 Å². The van der Waals surface area contributed by atoms with Gasteiger partial charge >= 0.3 is 0 Å². The Labute approximate surface area is 106 Å². The zero-order valence-electron chi connectivity index (χ0n) is 10.1. The van der Waals surface area contributed by atoms with Gasteiger partial charge in [-0.2, -0.15) is 0 Å². The number of benzene rings is 2. The normalized spacial score (nSPS) is 10.1. The quantitative estimate of drug-likeness (QED) is 0.808. The summed E-state index contributed by atoms with van der Waals surface area (Å²) < 4.78 is 13.1. The molecule has 0 aliphatic heterocycles. The summed E-state index contributed by atoms with van der Waals surface area (Å²) in [6, 6.07) is 15.1. The van der Waals surface area contributed by atoms with Gasteiger partial charge in [-0.15, -0.1) is 0 Å². The van der Waals surface area contributed by atoms with Crippen LogP contribution in [0.15, 0.2) is 54.6 Å². The maximum atomic E-state index is 13.1. The number of anilines is 1. The number of halogens is 1. The molecule has 92 valence electrons.